The van der Waals surface area contributed by atoms with Crippen molar-refractivity contribution < 1.29 is 18.3 Å². The van der Waals surface area contributed by atoms with E-state index in [0.717, 1.165) is 11.8 Å². The number of aromatic nitrogens is 1. The number of rotatable bonds is 2. The highest BCUT2D eigenvalue weighted by Crippen LogP contribution is 2.26. The van der Waals surface area contributed by atoms with Gasteiger partial charge in [-0.3, -0.25) is 4.98 Å². The van der Waals surface area contributed by atoms with Gasteiger partial charge in [-0.05, 0) is 45.0 Å². The number of nitrogens with zero attached hydrogens (tertiary/aromatic N) is 3. The average Bonchev–Trinajstić information content (AvgIpc) is 2.60. The monoisotopic (exact) mass is 375 g/mol. The zero-order valence-corrected chi connectivity index (χ0v) is 15.7. The number of ether oxygens (including phenoxy) is 1. The molecule has 3 rings (SSSR count). The van der Waals surface area contributed by atoms with Crippen LogP contribution in [0.15, 0.2) is 36.5 Å². The summed E-state index contributed by atoms with van der Waals surface area (Å²) in [5, 5.41) is 0. The minimum atomic E-state index is -0.644. The zero-order chi connectivity index (χ0) is 19.6. The predicted octanol–water partition coefficient (Wildman–Crippen LogP) is 4.08. The van der Waals surface area contributed by atoms with Gasteiger partial charge in [0.1, 0.15) is 17.2 Å². The van der Waals surface area contributed by atoms with Gasteiger partial charge in [-0.1, -0.05) is 0 Å². The van der Waals surface area contributed by atoms with Gasteiger partial charge in [0.2, 0.25) is 0 Å². The molecule has 1 saturated heterocycles. The minimum absolute atomic E-state index is 0.255. The quantitative estimate of drug-likeness (QED) is 0.793. The van der Waals surface area contributed by atoms with E-state index in [-0.39, 0.29) is 11.7 Å². The van der Waals surface area contributed by atoms with Gasteiger partial charge in [-0.25, -0.2) is 13.6 Å². The fraction of sp³-hybridized carbons (Fsp3) is 0.400. The molecule has 0 atom stereocenters. The largest absolute Gasteiger partial charge is 0.444 e. The molecule has 1 fully saturated rings. The van der Waals surface area contributed by atoms with Crippen molar-refractivity contribution in [3.8, 4) is 11.3 Å². The van der Waals surface area contributed by atoms with Gasteiger partial charge in [0.05, 0.1) is 5.69 Å². The van der Waals surface area contributed by atoms with E-state index < -0.39 is 17.2 Å². The molecule has 1 aliphatic rings. The molecule has 144 valence electrons. The van der Waals surface area contributed by atoms with Crippen molar-refractivity contribution in [2.24, 2.45) is 0 Å². The molecule has 0 unspecified atom stereocenters. The molecule has 5 nitrogen and oxygen atoms in total. The topological polar surface area (TPSA) is 45.7 Å². The smallest absolute Gasteiger partial charge is 0.410 e. The van der Waals surface area contributed by atoms with Crippen LogP contribution in [0.5, 0.6) is 0 Å². The summed E-state index contributed by atoms with van der Waals surface area (Å²) < 4.78 is 32.6. The Morgan fingerprint density at radius 2 is 1.78 bits per heavy atom. The van der Waals surface area contributed by atoms with Crippen molar-refractivity contribution in [2.75, 3.05) is 31.1 Å². The second-order valence-electron chi connectivity index (χ2n) is 7.48. The average molecular weight is 375 g/mol. The van der Waals surface area contributed by atoms with Crippen molar-refractivity contribution in [3.05, 3.63) is 48.2 Å². The number of carbonyl (C=O) groups excluding carboxylic acids is 1. The number of pyridine rings is 1. The van der Waals surface area contributed by atoms with E-state index in [2.05, 4.69) is 9.88 Å². The normalized spacial score (nSPS) is 15.0. The van der Waals surface area contributed by atoms with Crippen LogP contribution in [-0.4, -0.2) is 47.8 Å². The van der Waals surface area contributed by atoms with Crippen LogP contribution in [0.1, 0.15) is 20.8 Å². The number of anilines is 1. The Hall–Kier alpha value is -2.70. The number of halogens is 2. The van der Waals surface area contributed by atoms with E-state index in [1.54, 1.807) is 17.2 Å². The minimum Gasteiger partial charge on any atom is -0.444 e. The van der Waals surface area contributed by atoms with Crippen LogP contribution < -0.4 is 4.90 Å². The fourth-order valence-corrected chi connectivity index (χ4v) is 2.93. The maximum Gasteiger partial charge on any atom is 0.410 e. The summed E-state index contributed by atoms with van der Waals surface area (Å²) in [7, 11) is 0. The molecule has 0 bridgehead atoms. The van der Waals surface area contributed by atoms with Crippen molar-refractivity contribution >= 4 is 11.8 Å². The van der Waals surface area contributed by atoms with Crippen molar-refractivity contribution in [1.82, 2.24) is 9.88 Å². The molecular formula is C20H23F2N3O2. The van der Waals surface area contributed by atoms with Crippen molar-refractivity contribution in [1.29, 1.82) is 0 Å². The van der Waals surface area contributed by atoms with Crippen LogP contribution in [0.4, 0.5) is 19.3 Å². The molecule has 1 aromatic carbocycles. The third-order valence-electron chi connectivity index (χ3n) is 4.25. The van der Waals surface area contributed by atoms with Crippen LogP contribution in [-0.2, 0) is 4.74 Å². The molecule has 2 heterocycles. The Morgan fingerprint density at radius 1 is 1.07 bits per heavy atom. The maximum absolute atomic E-state index is 14.0. The number of piperazine rings is 1. The predicted molar refractivity (Wildman–Crippen MR) is 99.6 cm³/mol. The first-order valence-electron chi connectivity index (χ1n) is 8.87. The highest BCUT2D eigenvalue weighted by atomic mass is 19.1. The number of hydrogen-bond acceptors (Lipinski definition) is 4. The molecule has 0 saturated carbocycles. The standard InChI is InChI=1S/C20H23F2N3O2/c1-20(2,3)27-19(26)25-10-8-24(9-11-25)15-6-7-23-18(13-15)16-5-4-14(21)12-17(16)22/h4-7,12-13H,8-11H2,1-3H3. The van der Waals surface area contributed by atoms with E-state index in [1.165, 1.54) is 12.1 Å². The lowest BCUT2D eigenvalue weighted by Gasteiger charge is -2.36. The highest BCUT2D eigenvalue weighted by Gasteiger charge is 2.26. The Bertz CT molecular complexity index is 828. The van der Waals surface area contributed by atoms with Gasteiger partial charge in [0.25, 0.3) is 0 Å². The third kappa shape index (κ3) is 4.72. The van der Waals surface area contributed by atoms with Gasteiger partial charge in [0.15, 0.2) is 0 Å². The Morgan fingerprint density at radius 3 is 2.41 bits per heavy atom. The van der Waals surface area contributed by atoms with E-state index in [1.807, 2.05) is 26.8 Å². The van der Waals surface area contributed by atoms with Gasteiger partial charge >= 0.3 is 6.09 Å². The molecule has 2 aromatic rings. The molecule has 0 aliphatic carbocycles. The molecule has 1 aliphatic heterocycles. The lowest BCUT2D eigenvalue weighted by atomic mass is 10.1. The number of amides is 1. The molecule has 7 heteroatoms. The van der Waals surface area contributed by atoms with Crippen LogP contribution in [0, 0.1) is 11.6 Å². The van der Waals surface area contributed by atoms with Crippen LogP contribution in [0.3, 0.4) is 0 Å². The summed E-state index contributed by atoms with van der Waals surface area (Å²) in [6.45, 7) is 7.87. The molecule has 0 N–H and O–H groups in total. The maximum atomic E-state index is 14.0. The fourth-order valence-electron chi connectivity index (χ4n) is 2.93. The van der Waals surface area contributed by atoms with Crippen LogP contribution in [0.25, 0.3) is 11.3 Å². The Kier molecular flexibility index (Phi) is 5.30. The first-order chi connectivity index (χ1) is 12.7. The molecule has 0 spiro atoms. The first-order valence-corrected chi connectivity index (χ1v) is 8.87. The lowest BCUT2D eigenvalue weighted by Crippen LogP contribution is -2.50. The van der Waals surface area contributed by atoms with E-state index in [0.29, 0.717) is 31.9 Å². The summed E-state index contributed by atoms with van der Waals surface area (Å²) in [6.07, 6.45) is 1.29. The summed E-state index contributed by atoms with van der Waals surface area (Å²) in [6, 6.07) is 7.07. The van der Waals surface area contributed by atoms with E-state index >= 15 is 0 Å². The SMILES string of the molecule is CC(C)(C)OC(=O)N1CCN(c2ccnc(-c3ccc(F)cc3F)c2)CC1. The molecule has 27 heavy (non-hydrogen) atoms. The number of benzene rings is 1. The van der Waals surface area contributed by atoms with Crippen molar-refractivity contribution in [2.45, 2.75) is 26.4 Å². The Balaban J connectivity index is 1.69. The van der Waals surface area contributed by atoms with Gasteiger partial charge in [-0.2, -0.15) is 0 Å². The molecule has 0 radical (unpaired) electrons. The zero-order valence-electron chi connectivity index (χ0n) is 15.7. The van der Waals surface area contributed by atoms with Crippen LogP contribution in [0.2, 0.25) is 0 Å². The number of carbonyl (C=O) groups is 1. The third-order valence-corrected chi connectivity index (χ3v) is 4.25. The summed E-state index contributed by atoms with van der Waals surface area (Å²) in [5.74, 6) is -1.26. The second-order valence-corrected chi connectivity index (χ2v) is 7.48. The van der Waals surface area contributed by atoms with Crippen LogP contribution >= 0.6 is 0 Å². The first kappa shape index (κ1) is 19.1. The van der Waals surface area contributed by atoms with Crippen molar-refractivity contribution in [3.63, 3.8) is 0 Å². The summed E-state index contributed by atoms with van der Waals surface area (Å²) >= 11 is 0. The molecular weight excluding hydrogens is 352 g/mol. The van der Waals surface area contributed by atoms with Gasteiger partial charge in [0, 0.05) is 49.7 Å². The summed E-state index contributed by atoms with van der Waals surface area (Å²) in [5.41, 5.74) is 1.06. The second kappa shape index (κ2) is 7.50. The molecule has 1 aromatic heterocycles. The van der Waals surface area contributed by atoms with E-state index in [9.17, 15) is 13.6 Å². The number of hydrogen-bond donors (Lipinski definition) is 0. The van der Waals surface area contributed by atoms with Gasteiger partial charge in [-0.15, -0.1) is 0 Å². The van der Waals surface area contributed by atoms with E-state index in [4.69, 9.17) is 4.74 Å². The van der Waals surface area contributed by atoms with Gasteiger partial charge < -0.3 is 14.5 Å². The summed E-state index contributed by atoms with van der Waals surface area (Å²) in [4.78, 5) is 20.2. The highest BCUT2D eigenvalue weighted by molar-refractivity contribution is 5.69. The lowest BCUT2D eigenvalue weighted by molar-refractivity contribution is 0.0240. The Labute approximate surface area is 157 Å². The molecule has 1 amide bonds.